The molecular formula is C24H25N5O4. The van der Waals surface area contributed by atoms with Crippen molar-refractivity contribution < 1.29 is 9.53 Å². The quantitative estimate of drug-likeness (QED) is 0.408. The SMILES string of the molecule is CCCCn1c(COc2ccccc2C(N)=O)nc2c1c(=O)[nH]c(=O)n2Cc1ccccc1. The van der Waals surface area contributed by atoms with Crippen molar-refractivity contribution in [2.45, 2.75) is 39.5 Å². The van der Waals surface area contributed by atoms with Crippen LogP contribution in [0.25, 0.3) is 11.2 Å². The number of nitrogens with one attached hydrogen (secondary N) is 1. The molecule has 0 spiro atoms. The second-order valence-corrected chi connectivity index (χ2v) is 7.69. The van der Waals surface area contributed by atoms with Gasteiger partial charge in [-0.3, -0.25) is 19.1 Å². The van der Waals surface area contributed by atoms with Crippen LogP contribution in [0.15, 0.2) is 64.2 Å². The summed E-state index contributed by atoms with van der Waals surface area (Å²) in [7, 11) is 0. The molecular weight excluding hydrogens is 422 g/mol. The van der Waals surface area contributed by atoms with E-state index in [1.54, 1.807) is 28.8 Å². The van der Waals surface area contributed by atoms with Crippen molar-refractivity contribution in [1.82, 2.24) is 19.1 Å². The number of hydrogen-bond donors (Lipinski definition) is 2. The first kappa shape index (κ1) is 22.1. The molecule has 4 aromatic rings. The number of carbonyl (C=O) groups is 1. The minimum Gasteiger partial charge on any atom is -0.485 e. The monoisotopic (exact) mass is 447 g/mol. The van der Waals surface area contributed by atoms with E-state index < -0.39 is 17.2 Å². The zero-order valence-electron chi connectivity index (χ0n) is 18.3. The Morgan fingerprint density at radius 1 is 1.06 bits per heavy atom. The highest BCUT2D eigenvalue weighted by molar-refractivity contribution is 5.95. The van der Waals surface area contributed by atoms with Gasteiger partial charge in [0.2, 0.25) is 0 Å². The lowest BCUT2D eigenvalue weighted by Crippen LogP contribution is -2.31. The van der Waals surface area contributed by atoms with Crippen LogP contribution in [0.1, 0.15) is 41.5 Å². The van der Waals surface area contributed by atoms with E-state index in [9.17, 15) is 14.4 Å². The fourth-order valence-corrected chi connectivity index (χ4v) is 3.74. The second kappa shape index (κ2) is 9.56. The molecule has 0 aliphatic carbocycles. The number of hydrogen-bond acceptors (Lipinski definition) is 5. The summed E-state index contributed by atoms with van der Waals surface area (Å²) in [5.74, 6) is 0.212. The molecule has 4 rings (SSSR count). The van der Waals surface area contributed by atoms with Crippen molar-refractivity contribution in [1.29, 1.82) is 0 Å². The summed E-state index contributed by atoms with van der Waals surface area (Å²) >= 11 is 0. The van der Waals surface area contributed by atoms with Crippen LogP contribution in [0, 0.1) is 0 Å². The third-order valence-electron chi connectivity index (χ3n) is 5.39. The number of aromatic amines is 1. The molecule has 0 radical (unpaired) electrons. The van der Waals surface area contributed by atoms with Crippen LogP contribution in [0.2, 0.25) is 0 Å². The van der Waals surface area contributed by atoms with E-state index in [0.29, 0.717) is 29.3 Å². The van der Waals surface area contributed by atoms with Crippen LogP contribution in [0.4, 0.5) is 0 Å². The number of nitrogens with two attached hydrogens (primary N) is 1. The average molecular weight is 447 g/mol. The summed E-state index contributed by atoms with van der Waals surface area (Å²) in [5.41, 5.74) is 6.21. The summed E-state index contributed by atoms with van der Waals surface area (Å²) < 4.78 is 9.12. The van der Waals surface area contributed by atoms with Gasteiger partial charge in [0.25, 0.3) is 11.5 Å². The van der Waals surface area contributed by atoms with Crippen LogP contribution in [-0.4, -0.2) is 25.0 Å². The van der Waals surface area contributed by atoms with Gasteiger partial charge in [-0.15, -0.1) is 0 Å². The molecule has 0 atom stereocenters. The Morgan fingerprint density at radius 3 is 2.52 bits per heavy atom. The second-order valence-electron chi connectivity index (χ2n) is 7.69. The number of carbonyl (C=O) groups excluding carboxylic acids is 1. The summed E-state index contributed by atoms with van der Waals surface area (Å²) in [6.07, 6.45) is 1.72. The Bertz CT molecular complexity index is 1400. The molecule has 9 nitrogen and oxygen atoms in total. The summed E-state index contributed by atoms with van der Waals surface area (Å²) in [6.45, 7) is 2.86. The van der Waals surface area contributed by atoms with Crippen molar-refractivity contribution >= 4 is 17.1 Å². The van der Waals surface area contributed by atoms with Crippen molar-refractivity contribution in [3.05, 3.63) is 92.4 Å². The molecule has 0 fully saturated rings. The molecule has 2 aromatic heterocycles. The molecule has 1 amide bonds. The molecule has 170 valence electrons. The predicted octanol–water partition coefficient (Wildman–Crippen LogP) is 2.41. The number of ether oxygens (including phenoxy) is 1. The van der Waals surface area contributed by atoms with Crippen molar-refractivity contribution in [3.8, 4) is 5.75 Å². The predicted molar refractivity (Wildman–Crippen MR) is 124 cm³/mol. The van der Waals surface area contributed by atoms with E-state index >= 15 is 0 Å². The average Bonchev–Trinajstić information content (AvgIpc) is 3.18. The zero-order chi connectivity index (χ0) is 23.4. The highest BCUT2D eigenvalue weighted by Gasteiger charge is 2.19. The molecule has 0 saturated carbocycles. The standard InChI is InChI=1S/C24H25N5O4/c1-2-3-13-28-19(15-33-18-12-8-7-11-17(18)21(25)30)26-22-20(28)23(31)27-24(32)29(22)14-16-9-5-4-6-10-16/h4-12H,2-3,13-15H2,1H3,(H2,25,30)(H,27,31,32). The summed E-state index contributed by atoms with van der Waals surface area (Å²) in [6, 6.07) is 16.2. The number of unbranched alkanes of at least 4 members (excludes halogenated alkanes) is 1. The van der Waals surface area contributed by atoms with E-state index in [2.05, 4.69) is 9.97 Å². The Kier molecular flexibility index (Phi) is 6.39. The number of amides is 1. The van der Waals surface area contributed by atoms with E-state index in [0.717, 1.165) is 18.4 Å². The Labute approximate surface area is 189 Å². The van der Waals surface area contributed by atoms with Gasteiger partial charge in [0, 0.05) is 6.54 Å². The third-order valence-corrected chi connectivity index (χ3v) is 5.39. The molecule has 2 heterocycles. The molecule has 0 aliphatic rings. The number of rotatable bonds is 9. The Hall–Kier alpha value is -4.14. The van der Waals surface area contributed by atoms with Crippen LogP contribution < -0.4 is 21.7 Å². The minimum atomic E-state index is -0.599. The number of primary amides is 1. The maximum absolute atomic E-state index is 12.8. The van der Waals surface area contributed by atoms with Gasteiger partial charge < -0.3 is 15.0 Å². The first-order valence-electron chi connectivity index (χ1n) is 10.8. The van der Waals surface area contributed by atoms with Gasteiger partial charge in [-0.05, 0) is 24.1 Å². The summed E-state index contributed by atoms with van der Waals surface area (Å²) in [4.78, 5) is 44.2. The van der Waals surface area contributed by atoms with Crippen LogP contribution in [0.3, 0.4) is 0 Å². The molecule has 0 unspecified atom stereocenters. The van der Waals surface area contributed by atoms with Gasteiger partial charge in [0.15, 0.2) is 11.2 Å². The minimum absolute atomic E-state index is 0.00164. The van der Waals surface area contributed by atoms with Gasteiger partial charge in [-0.1, -0.05) is 55.8 Å². The Morgan fingerprint density at radius 2 is 1.79 bits per heavy atom. The number of benzene rings is 2. The zero-order valence-corrected chi connectivity index (χ0v) is 18.3. The number of aromatic nitrogens is 4. The van der Waals surface area contributed by atoms with Gasteiger partial charge in [-0.2, -0.15) is 0 Å². The Balaban J connectivity index is 1.80. The first-order chi connectivity index (χ1) is 16.0. The summed E-state index contributed by atoms with van der Waals surface area (Å²) in [5, 5.41) is 0. The van der Waals surface area contributed by atoms with Gasteiger partial charge in [-0.25, -0.2) is 9.78 Å². The molecule has 33 heavy (non-hydrogen) atoms. The van der Waals surface area contributed by atoms with Crippen LogP contribution in [-0.2, 0) is 19.7 Å². The van der Waals surface area contributed by atoms with Crippen molar-refractivity contribution in [2.75, 3.05) is 0 Å². The molecule has 0 bridgehead atoms. The fraction of sp³-hybridized carbons (Fsp3) is 0.250. The highest BCUT2D eigenvalue weighted by Crippen LogP contribution is 2.20. The van der Waals surface area contributed by atoms with E-state index in [1.807, 2.05) is 37.3 Å². The fourth-order valence-electron chi connectivity index (χ4n) is 3.74. The molecule has 9 heteroatoms. The van der Waals surface area contributed by atoms with Gasteiger partial charge in [0.05, 0.1) is 12.1 Å². The molecule has 3 N–H and O–H groups in total. The van der Waals surface area contributed by atoms with E-state index in [1.165, 1.54) is 4.57 Å². The van der Waals surface area contributed by atoms with Gasteiger partial charge in [0.1, 0.15) is 18.2 Å². The molecule has 0 aliphatic heterocycles. The van der Waals surface area contributed by atoms with Crippen LogP contribution >= 0.6 is 0 Å². The van der Waals surface area contributed by atoms with E-state index in [-0.39, 0.29) is 18.7 Å². The maximum atomic E-state index is 12.8. The normalized spacial score (nSPS) is 11.1. The number of para-hydroxylation sites is 1. The lowest BCUT2D eigenvalue weighted by molar-refractivity contribution is 0.0995. The number of nitrogens with zero attached hydrogens (tertiary/aromatic N) is 3. The van der Waals surface area contributed by atoms with Crippen molar-refractivity contribution in [2.24, 2.45) is 5.73 Å². The maximum Gasteiger partial charge on any atom is 0.330 e. The topological polar surface area (TPSA) is 125 Å². The number of H-pyrrole nitrogens is 1. The third kappa shape index (κ3) is 4.57. The van der Waals surface area contributed by atoms with Gasteiger partial charge >= 0.3 is 5.69 Å². The smallest absolute Gasteiger partial charge is 0.330 e. The van der Waals surface area contributed by atoms with Crippen molar-refractivity contribution in [3.63, 3.8) is 0 Å². The van der Waals surface area contributed by atoms with Crippen LogP contribution in [0.5, 0.6) is 5.75 Å². The number of aryl methyl sites for hydroxylation is 1. The lowest BCUT2D eigenvalue weighted by atomic mass is 10.2. The number of fused-ring (bicyclic) bond motifs is 1. The molecule has 2 aromatic carbocycles. The first-order valence-corrected chi connectivity index (χ1v) is 10.8. The molecule has 0 saturated heterocycles. The van der Waals surface area contributed by atoms with E-state index in [4.69, 9.17) is 10.5 Å². The lowest BCUT2D eigenvalue weighted by Gasteiger charge is -2.11. The highest BCUT2D eigenvalue weighted by atomic mass is 16.5. The number of imidazole rings is 1. The largest absolute Gasteiger partial charge is 0.485 e.